The Morgan fingerprint density at radius 2 is 1.81 bits per heavy atom. The van der Waals surface area contributed by atoms with E-state index in [2.05, 4.69) is 58.7 Å². The molecule has 0 bridgehead atoms. The smallest absolute Gasteiger partial charge is 0.186 e. The Kier molecular flexibility index (Phi) is 7.67. The molecule has 1 heterocycles. The van der Waals surface area contributed by atoms with Crippen LogP contribution < -0.4 is 10.2 Å². The molecule has 0 fully saturated rings. The van der Waals surface area contributed by atoms with Crippen LogP contribution in [-0.2, 0) is 6.54 Å². The summed E-state index contributed by atoms with van der Waals surface area (Å²) in [4.78, 5) is 8.78. The van der Waals surface area contributed by atoms with E-state index in [1.807, 2.05) is 11.3 Å². The van der Waals surface area contributed by atoms with Crippen LogP contribution in [0.15, 0.2) is 0 Å². The van der Waals surface area contributed by atoms with Crippen LogP contribution in [0.5, 0.6) is 0 Å². The van der Waals surface area contributed by atoms with E-state index in [1.165, 1.54) is 15.7 Å². The second-order valence-electron chi connectivity index (χ2n) is 6.52. The Morgan fingerprint density at radius 3 is 2.29 bits per heavy atom. The van der Waals surface area contributed by atoms with Gasteiger partial charge in [-0.05, 0) is 45.6 Å². The van der Waals surface area contributed by atoms with Crippen LogP contribution in [0.3, 0.4) is 0 Å². The largest absolute Gasteiger partial charge is 0.346 e. The van der Waals surface area contributed by atoms with E-state index in [4.69, 9.17) is 4.98 Å². The first-order valence-electron chi connectivity index (χ1n) is 8.37. The predicted octanol–water partition coefficient (Wildman–Crippen LogP) is 4.64. The van der Waals surface area contributed by atoms with Gasteiger partial charge in [-0.3, -0.25) is 0 Å². The molecule has 1 unspecified atom stereocenters. The third-order valence-corrected chi connectivity index (χ3v) is 4.95. The van der Waals surface area contributed by atoms with E-state index >= 15 is 0 Å². The molecule has 0 saturated carbocycles. The van der Waals surface area contributed by atoms with Crippen molar-refractivity contribution in [2.24, 2.45) is 5.92 Å². The van der Waals surface area contributed by atoms with E-state index in [-0.39, 0.29) is 0 Å². The van der Waals surface area contributed by atoms with Gasteiger partial charge in [-0.25, -0.2) is 4.98 Å². The lowest BCUT2D eigenvalue weighted by Crippen LogP contribution is -2.30. The van der Waals surface area contributed by atoms with Gasteiger partial charge in [0.15, 0.2) is 5.13 Å². The third kappa shape index (κ3) is 5.26. The molecule has 1 rings (SSSR count). The quantitative estimate of drug-likeness (QED) is 0.720. The number of hydrogen-bond acceptors (Lipinski definition) is 4. The fourth-order valence-electron chi connectivity index (χ4n) is 2.37. The highest BCUT2D eigenvalue weighted by Crippen LogP contribution is 2.33. The zero-order chi connectivity index (χ0) is 16.0. The maximum Gasteiger partial charge on any atom is 0.186 e. The molecule has 0 aromatic carbocycles. The molecule has 0 radical (unpaired) electrons. The Morgan fingerprint density at radius 1 is 1.14 bits per heavy atom. The van der Waals surface area contributed by atoms with E-state index in [9.17, 15) is 0 Å². The van der Waals surface area contributed by atoms with Crippen molar-refractivity contribution < 1.29 is 0 Å². The van der Waals surface area contributed by atoms with Crippen molar-refractivity contribution in [3.8, 4) is 0 Å². The standard InChI is InChI=1S/C17H33N3S/c1-8-14(7)16-15(11-18-10-12(3)4)21-17(19-16)20(9-2)13(5)6/h12-14,18H,8-11H2,1-7H3. The van der Waals surface area contributed by atoms with Crippen molar-refractivity contribution in [3.05, 3.63) is 10.6 Å². The highest BCUT2D eigenvalue weighted by atomic mass is 32.1. The molecular formula is C17H33N3S. The maximum absolute atomic E-state index is 4.98. The van der Waals surface area contributed by atoms with E-state index in [0.29, 0.717) is 17.9 Å². The molecule has 1 aromatic rings. The molecule has 122 valence electrons. The van der Waals surface area contributed by atoms with Gasteiger partial charge >= 0.3 is 0 Å². The molecule has 3 nitrogen and oxygen atoms in total. The normalized spacial score (nSPS) is 13.2. The summed E-state index contributed by atoms with van der Waals surface area (Å²) in [5, 5.41) is 4.76. The molecule has 1 atom stereocenters. The average molecular weight is 312 g/mol. The number of aromatic nitrogens is 1. The van der Waals surface area contributed by atoms with Gasteiger partial charge in [-0.2, -0.15) is 0 Å². The highest BCUT2D eigenvalue weighted by molar-refractivity contribution is 7.15. The number of nitrogens with zero attached hydrogens (tertiary/aromatic N) is 2. The number of rotatable bonds is 9. The van der Waals surface area contributed by atoms with E-state index in [1.54, 1.807) is 0 Å². The maximum atomic E-state index is 4.98. The topological polar surface area (TPSA) is 28.2 Å². The fraction of sp³-hybridized carbons (Fsp3) is 0.824. The molecule has 0 aliphatic rings. The van der Waals surface area contributed by atoms with Gasteiger partial charge in [-0.1, -0.05) is 27.7 Å². The van der Waals surface area contributed by atoms with Gasteiger partial charge in [-0.15, -0.1) is 11.3 Å². The Balaban J connectivity index is 2.95. The van der Waals surface area contributed by atoms with Gasteiger partial charge < -0.3 is 10.2 Å². The average Bonchev–Trinajstić information content (AvgIpc) is 2.81. The molecule has 4 heteroatoms. The van der Waals surface area contributed by atoms with Crippen LogP contribution in [0.1, 0.15) is 71.4 Å². The third-order valence-electron chi connectivity index (χ3n) is 3.84. The van der Waals surface area contributed by atoms with Crippen LogP contribution in [0.2, 0.25) is 0 Å². The van der Waals surface area contributed by atoms with Crippen LogP contribution in [0, 0.1) is 5.92 Å². The SMILES string of the molecule is CCC(C)c1nc(N(CC)C(C)C)sc1CNCC(C)C. The predicted molar refractivity (Wildman–Crippen MR) is 95.5 cm³/mol. The molecule has 0 spiro atoms. The van der Waals surface area contributed by atoms with E-state index in [0.717, 1.165) is 26.1 Å². The summed E-state index contributed by atoms with van der Waals surface area (Å²) in [6, 6.07) is 0.502. The first-order chi connectivity index (χ1) is 9.90. The van der Waals surface area contributed by atoms with Crippen molar-refractivity contribution in [2.75, 3.05) is 18.0 Å². The lowest BCUT2D eigenvalue weighted by atomic mass is 10.0. The molecular weight excluding hydrogens is 278 g/mol. The number of anilines is 1. The summed E-state index contributed by atoms with van der Waals surface area (Å²) in [5.41, 5.74) is 1.30. The van der Waals surface area contributed by atoms with Crippen molar-refractivity contribution in [3.63, 3.8) is 0 Å². The molecule has 0 aliphatic heterocycles. The van der Waals surface area contributed by atoms with Crippen molar-refractivity contribution in [1.82, 2.24) is 10.3 Å². The van der Waals surface area contributed by atoms with Gasteiger partial charge in [0.2, 0.25) is 0 Å². The molecule has 1 N–H and O–H groups in total. The molecule has 0 saturated heterocycles. The summed E-state index contributed by atoms with van der Waals surface area (Å²) in [5.74, 6) is 1.23. The minimum absolute atomic E-state index is 0.502. The first-order valence-corrected chi connectivity index (χ1v) is 9.19. The lowest BCUT2D eigenvalue weighted by Gasteiger charge is -2.24. The highest BCUT2D eigenvalue weighted by Gasteiger charge is 2.20. The zero-order valence-corrected chi connectivity index (χ0v) is 15.7. The summed E-state index contributed by atoms with van der Waals surface area (Å²) in [6.07, 6.45) is 1.15. The fourth-order valence-corrected chi connectivity index (χ4v) is 3.72. The monoisotopic (exact) mass is 311 g/mol. The minimum Gasteiger partial charge on any atom is -0.346 e. The number of thiazole rings is 1. The zero-order valence-electron chi connectivity index (χ0n) is 14.9. The second-order valence-corrected chi connectivity index (χ2v) is 7.58. The number of nitrogens with one attached hydrogen (secondary N) is 1. The Hall–Kier alpha value is -0.610. The van der Waals surface area contributed by atoms with Gasteiger partial charge in [0.1, 0.15) is 0 Å². The van der Waals surface area contributed by atoms with Crippen LogP contribution in [0.4, 0.5) is 5.13 Å². The summed E-state index contributed by atoms with van der Waals surface area (Å²) >= 11 is 1.87. The minimum atomic E-state index is 0.502. The number of hydrogen-bond donors (Lipinski definition) is 1. The molecule has 1 aromatic heterocycles. The van der Waals surface area contributed by atoms with Crippen LogP contribution >= 0.6 is 11.3 Å². The summed E-state index contributed by atoms with van der Waals surface area (Å²) in [6.45, 7) is 18.8. The first kappa shape index (κ1) is 18.4. The van der Waals surface area contributed by atoms with Crippen LogP contribution in [-0.4, -0.2) is 24.1 Å². The van der Waals surface area contributed by atoms with Gasteiger partial charge in [0.05, 0.1) is 5.69 Å². The summed E-state index contributed by atoms with van der Waals surface area (Å²) in [7, 11) is 0. The van der Waals surface area contributed by atoms with Crippen molar-refractivity contribution in [2.45, 2.75) is 73.4 Å². The molecule has 21 heavy (non-hydrogen) atoms. The molecule has 0 amide bonds. The Bertz CT molecular complexity index is 412. The van der Waals surface area contributed by atoms with Gasteiger partial charge in [0, 0.05) is 24.0 Å². The lowest BCUT2D eigenvalue weighted by molar-refractivity contribution is 0.551. The van der Waals surface area contributed by atoms with Crippen molar-refractivity contribution in [1.29, 1.82) is 0 Å². The molecule has 0 aliphatic carbocycles. The van der Waals surface area contributed by atoms with Gasteiger partial charge in [0.25, 0.3) is 0 Å². The van der Waals surface area contributed by atoms with E-state index < -0.39 is 0 Å². The second kappa shape index (κ2) is 8.74. The van der Waals surface area contributed by atoms with Crippen LogP contribution in [0.25, 0.3) is 0 Å². The summed E-state index contributed by atoms with van der Waals surface area (Å²) < 4.78 is 0. The Labute approximate surface area is 135 Å². The van der Waals surface area contributed by atoms with Crippen molar-refractivity contribution >= 4 is 16.5 Å².